The van der Waals surface area contributed by atoms with Gasteiger partial charge in [-0.2, -0.15) is 0 Å². The van der Waals surface area contributed by atoms with Crippen molar-refractivity contribution in [1.29, 1.82) is 0 Å². The van der Waals surface area contributed by atoms with Gasteiger partial charge in [-0.15, -0.1) is 0 Å². The van der Waals surface area contributed by atoms with Crippen molar-refractivity contribution in [2.24, 2.45) is 0 Å². The number of hydrogen-bond donors (Lipinski definition) is 2. The second-order valence-corrected chi connectivity index (χ2v) is 8.91. The molecular formula is C25H21ClF3N3O2S. The predicted molar refractivity (Wildman–Crippen MR) is 135 cm³/mol. The van der Waals surface area contributed by atoms with E-state index in [0.717, 1.165) is 6.08 Å². The largest absolute Gasteiger partial charge is 0.508 e. The van der Waals surface area contributed by atoms with Crippen LogP contribution in [0, 0.1) is 5.82 Å². The summed E-state index contributed by atoms with van der Waals surface area (Å²) in [5.74, 6) is -1.42. The zero-order valence-electron chi connectivity index (χ0n) is 18.3. The van der Waals surface area contributed by atoms with E-state index in [0.29, 0.717) is 16.3 Å². The van der Waals surface area contributed by atoms with E-state index in [2.05, 4.69) is 6.58 Å². The quantitative estimate of drug-likeness (QED) is 0.281. The van der Waals surface area contributed by atoms with Crippen LogP contribution < -0.4 is 5.73 Å². The lowest BCUT2D eigenvalue weighted by Crippen LogP contribution is -2.58. The number of phenolic OH excluding ortho intramolecular Hbond substituents is 1. The molecule has 0 aliphatic carbocycles. The smallest absolute Gasteiger partial charge is 0.260 e. The van der Waals surface area contributed by atoms with Crippen molar-refractivity contribution in [2.75, 3.05) is 25.4 Å². The van der Waals surface area contributed by atoms with Crippen molar-refractivity contribution in [2.45, 2.75) is 12.5 Å². The monoisotopic (exact) mass is 519 g/mol. The molecule has 1 unspecified atom stereocenters. The highest BCUT2D eigenvalue weighted by atomic mass is 35.5. The van der Waals surface area contributed by atoms with E-state index in [9.17, 15) is 18.7 Å². The number of hydrogen-bond acceptors (Lipinski definition) is 4. The van der Waals surface area contributed by atoms with E-state index in [4.69, 9.17) is 29.6 Å². The highest BCUT2D eigenvalue weighted by molar-refractivity contribution is 7.80. The van der Waals surface area contributed by atoms with Gasteiger partial charge in [-0.25, -0.2) is 13.2 Å². The van der Waals surface area contributed by atoms with Crippen molar-refractivity contribution < 1.29 is 23.1 Å². The van der Waals surface area contributed by atoms with Gasteiger partial charge in [-0.1, -0.05) is 54.7 Å². The third kappa shape index (κ3) is 4.53. The molecule has 0 aromatic heterocycles. The highest BCUT2D eigenvalue weighted by Crippen LogP contribution is 2.41. The Morgan fingerprint density at radius 3 is 2.66 bits per heavy atom. The van der Waals surface area contributed by atoms with Crippen molar-refractivity contribution >= 4 is 51.2 Å². The minimum atomic E-state index is -2.83. The Bertz CT molecular complexity index is 1350. The number of amides is 1. The van der Waals surface area contributed by atoms with Gasteiger partial charge in [-0.3, -0.25) is 4.79 Å². The number of carbonyl (C=O) groups excluding carboxylic acids is 1. The summed E-state index contributed by atoms with van der Waals surface area (Å²) in [6.45, 7) is 3.26. The van der Waals surface area contributed by atoms with Crippen molar-refractivity contribution in [3.05, 3.63) is 71.5 Å². The van der Waals surface area contributed by atoms with Crippen LogP contribution in [0.2, 0.25) is 5.02 Å². The van der Waals surface area contributed by atoms with Gasteiger partial charge in [0.1, 0.15) is 16.8 Å². The SMILES string of the molecule is C=CC(=O)N1CCN(C(=S)c2cc(Cl)c(-c3cc(O)cc4ccccc34)c(F)c2N)C(C(F)F)C1. The summed E-state index contributed by atoms with van der Waals surface area (Å²) in [5, 5.41) is 11.4. The van der Waals surface area contributed by atoms with E-state index in [1.807, 2.05) is 0 Å². The number of benzene rings is 3. The topological polar surface area (TPSA) is 69.8 Å². The van der Waals surface area contributed by atoms with Crippen LogP contribution in [0.15, 0.2) is 55.1 Å². The molecule has 0 spiro atoms. The summed E-state index contributed by atoms with van der Waals surface area (Å²) in [7, 11) is 0. The molecule has 4 rings (SSSR count). The fourth-order valence-corrected chi connectivity index (χ4v) is 5.01. The van der Waals surface area contributed by atoms with E-state index >= 15 is 4.39 Å². The number of piperazine rings is 1. The van der Waals surface area contributed by atoms with E-state index in [1.54, 1.807) is 30.3 Å². The molecule has 1 heterocycles. The molecule has 5 nitrogen and oxygen atoms in total. The van der Waals surface area contributed by atoms with E-state index in [-0.39, 0.29) is 52.2 Å². The van der Waals surface area contributed by atoms with Gasteiger partial charge in [0, 0.05) is 30.8 Å². The molecule has 3 aromatic rings. The van der Waals surface area contributed by atoms with E-state index < -0.39 is 24.2 Å². The summed E-state index contributed by atoms with van der Waals surface area (Å²) in [5.41, 5.74) is 6.07. The van der Waals surface area contributed by atoms with Crippen molar-refractivity contribution in [1.82, 2.24) is 9.80 Å². The lowest BCUT2D eigenvalue weighted by molar-refractivity contribution is -0.129. The Labute approximate surface area is 210 Å². The molecule has 0 saturated carbocycles. The Morgan fingerprint density at radius 1 is 1.26 bits per heavy atom. The van der Waals surface area contributed by atoms with Crippen LogP contribution in [0.1, 0.15) is 5.56 Å². The first-order valence-electron chi connectivity index (χ1n) is 10.6. The maximum absolute atomic E-state index is 15.7. The number of nitrogens with two attached hydrogens (primary N) is 1. The lowest BCUT2D eigenvalue weighted by Gasteiger charge is -2.42. The molecule has 1 saturated heterocycles. The molecule has 3 aromatic carbocycles. The van der Waals surface area contributed by atoms with Gasteiger partial charge >= 0.3 is 0 Å². The molecule has 1 fully saturated rings. The minimum Gasteiger partial charge on any atom is -0.508 e. The Hall–Kier alpha value is -3.30. The van der Waals surface area contributed by atoms with Gasteiger partial charge < -0.3 is 20.6 Å². The van der Waals surface area contributed by atoms with Crippen LogP contribution >= 0.6 is 23.8 Å². The summed E-state index contributed by atoms with van der Waals surface area (Å²) in [6, 6.07) is 9.93. The Morgan fingerprint density at radius 2 is 1.97 bits per heavy atom. The van der Waals surface area contributed by atoms with Crippen molar-refractivity contribution in [3.63, 3.8) is 0 Å². The van der Waals surface area contributed by atoms with Crippen LogP contribution in [-0.2, 0) is 4.79 Å². The second-order valence-electron chi connectivity index (χ2n) is 8.11. The second kappa shape index (κ2) is 9.75. The highest BCUT2D eigenvalue weighted by Gasteiger charge is 2.37. The number of halogens is 4. The van der Waals surface area contributed by atoms with Gasteiger partial charge in [0.25, 0.3) is 6.43 Å². The van der Waals surface area contributed by atoms with Gasteiger partial charge in [0.2, 0.25) is 5.91 Å². The molecule has 35 heavy (non-hydrogen) atoms. The molecule has 3 N–H and O–H groups in total. The van der Waals surface area contributed by atoms with Crippen molar-refractivity contribution in [3.8, 4) is 16.9 Å². The maximum atomic E-state index is 15.7. The van der Waals surface area contributed by atoms with Gasteiger partial charge in [0.15, 0.2) is 5.82 Å². The number of thiocarbonyl (C=S) groups is 1. The molecule has 1 atom stereocenters. The molecule has 1 amide bonds. The fourth-order valence-electron chi connectivity index (χ4n) is 4.32. The number of rotatable bonds is 4. The number of nitrogen functional groups attached to an aromatic ring is 1. The van der Waals surface area contributed by atoms with Gasteiger partial charge in [-0.05, 0) is 40.6 Å². The third-order valence-electron chi connectivity index (χ3n) is 6.06. The zero-order chi connectivity index (χ0) is 25.4. The zero-order valence-corrected chi connectivity index (χ0v) is 19.9. The van der Waals surface area contributed by atoms with Crippen LogP contribution in [0.5, 0.6) is 5.75 Å². The predicted octanol–water partition coefficient (Wildman–Crippen LogP) is 5.23. The molecule has 182 valence electrons. The molecule has 0 radical (unpaired) electrons. The maximum Gasteiger partial charge on any atom is 0.260 e. The summed E-state index contributed by atoms with van der Waals surface area (Å²) in [4.78, 5) is 14.3. The third-order valence-corrected chi connectivity index (χ3v) is 6.81. The molecule has 10 heteroatoms. The first kappa shape index (κ1) is 24.8. The first-order valence-corrected chi connectivity index (χ1v) is 11.4. The van der Waals surface area contributed by atoms with E-state index in [1.165, 1.54) is 21.9 Å². The Balaban J connectivity index is 1.76. The van der Waals surface area contributed by atoms with Gasteiger partial charge in [0.05, 0.1) is 10.7 Å². The minimum absolute atomic E-state index is 0.00450. The molecule has 1 aliphatic rings. The summed E-state index contributed by atoms with van der Waals surface area (Å²) < 4.78 is 43.5. The number of carbonyl (C=O) groups is 1. The van der Waals surface area contributed by atoms with Crippen LogP contribution in [-0.4, -0.2) is 57.9 Å². The number of phenols is 1. The lowest BCUT2D eigenvalue weighted by atomic mass is 9.95. The standard InChI is InChI=1S/C25H21ClF3N3O2S/c1-2-20(34)31-7-8-32(19(12-31)24(28)29)25(35)17-11-18(26)21(22(27)23(17)30)16-10-14(33)9-13-5-3-4-6-15(13)16/h2-6,9-11,19,24,33H,1,7-8,12,30H2. The Kier molecular flexibility index (Phi) is 6.91. The first-order chi connectivity index (χ1) is 16.6. The van der Waals surface area contributed by atoms with Crippen LogP contribution in [0.25, 0.3) is 21.9 Å². The molecule has 1 aliphatic heterocycles. The number of anilines is 1. The number of aromatic hydroxyl groups is 1. The average molecular weight is 520 g/mol. The normalized spacial score (nSPS) is 16.1. The summed E-state index contributed by atoms with van der Waals surface area (Å²) >= 11 is 11.9. The number of fused-ring (bicyclic) bond motifs is 1. The molecular weight excluding hydrogens is 499 g/mol. The summed E-state index contributed by atoms with van der Waals surface area (Å²) in [6.07, 6.45) is -1.76. The number of nitrogens with zero attached hydrogens (tertiary/aromatic N) is 2. The average Bonchev–Trinajstić information content (AvgIpc) is 2.84. The van der Waals surface area contributed by atoms with Crippen LogP contribution in [0.3, 0.4) is 0 Å². The van der Waals surface area contributed by atoms with Crippen LogP contribution in [0.4, 0.5) is 18.9 Å². The fraction of sp³-hybridized carbons (Fsp3) is 0.200. The number of alkyl halides is 2. The molecule has 0 bridgehead atoms.